The van der Waals surface area contributed by atoms with E-state index < -0.39 is 15.4 Å². The third-order valence-electron chi connectivity index (χ3n) is 3.17. The maximum absolute atomic E-state index is 11.3. The lowest BCUT2D eigenvalue weighted by Gasteiger charge is -2.31. The van der Waals surface area contributed by atoms with Crippen LogP contribution in [-0.2, 0) is 9.84 Å². The van der Waals surface area contributed by atoms with Gasteiger partial charge in [-0.3, -0.25) is 0 Å². The van der Waals surface area contributed by atoms with Crippen LogP contribution in [0.25, 0.3) is 0 Å². The van der Waals surface area contributed by atoms with E-state index >= 15 is 0 Å². The van der Waals surface area contributed by atoms with Gasteiger partial charge in [-0.2, -0.15) is 0 Å². The highest BCUT2D eigenvalue weighted by Crippen LogP contribution is 2.32. The van der Waals surface area contributed by atoms with Gasteiger partial charge in [0.15, 0.2) is 9.84 Å². The van der Waals surface area contributed by atoms with Gasteiger partial charge in [0.05, 0.1) is 11.5 Å². The SMILES string of the molecule is CCC(CC)C1(N)CCS(=O)(=O)C1. The summed E-state index contributed by atoms with van der Waals surface area (Å²) in [5.74, 6) is 0.816. The molecule has 0 amide bonds. The fourth-order valence-electron chi connectivity index (χ4n) is 2.32. The summed E-state index contributed by atoms with van der Waals surface area (Å²) in [6, 6.07) is 0. The van der Waals surface area contributed by atoms with E-state index in [-0.39, 0.29) is 11.5 Å². The molecule has 1 unspecified atom stereocenters. The molecule has 2 N–H and O–H groups in total. The minimum absolute atomic E-state index is 0.187. The zero-order valence-corrected chi connectivity index (χ0v) is 9.23. The molecule has 1 fully saturated rings. The summed E-state index contributed by atoms with van der Waals surface area (Å²) in [5.41, 5.74) is 5.68. The van der Waals surface area contributed by atoms with Crippen molar-refractivity contribution in [2.75, 3.05) is 11.5 Å². The van der Waals surface area contributed by atoms with Crippen molar-refractivity contribution in [2.24, 2.45) is 11.7 Å². The molecule has 1 rings (SSSR count). The Bertz CT molecular complexity index is 269. The van der Waals surface area contributed by atoms with Crippen molar-refractivity contribution in [3.8, 4) is 0 Å². The molecule has 0 aliphatic carbocycles. The van der Waals surface area contributed by atoms with Gasteiger partial charge in [0.25, 0.3) is 0 Å². The predicted molar refractivity (Wildman–Crippen MR) is 54.3 cm³/mol. The number of hydrogen-bond donors (Lipinski definition) is 1. The molecule has 0 bridgehead atoms. The first-order chi connectivity index (χ1) is 5.93. The van der Waals surface area contributed by atoms with Crippen LogP contribution in [0.5, 0.6) is 0 Å². The van der Waals surface area contributed by atoms with Gasteiger partial charge in [0.1, 0.15) is 0 Å². The largest absolute Gasteiger partial charge is 0.324 e. The van der Waals surface area contributed by atoms with Crippen LogP contribution >= 0.6 is 0 Å². The van der Waals surface area contributed by atoms with E-state index in [1.165, 1.54) is 0 Å². The van der Waals surface area contributed by atoms with Gasteiger partial charge in [-0.15, -0.1) is 0 Å². The first-order valence-corrected chi connectivity index (χ1v) is 6.75. The second-order valence-corrected chi connectivity index (χ2v) is 6.27. The average Bonchev–Trinajstić information content (AvgIpc) is 2.29. The fourth-order valence-corrected chi connectivity index (χ4v) is 4.36. The summed E-state index contributed by atoms with van der Waals surface area (Å²) in [5, 5.41) is 0. The highest BCUT2D eigenvalue weighted by molar-refractivity contribution is 7.91. The first kappa shape index (κ1) is 11.0. The minimum Gasteiger partial charge on any atom is -0.324 e. The minimum atomic E-state index is -2.84. The van der Waals surface area contributed by atoms with Crippen LogP contribution in [0.15, 0.2) is 0 Å². The van der Waals surface area contributed by atoms with Gasteiger partial charge >= 0.3 is 0 Å². The van der Waals surface area contributed by atoms with E-state index in [1.54, 1.807) is 0 Å². The molecule has 0 saturated carbocycles. The Morgan fingerprint density at radius 1 is 1.38 bits per heavy atom. The van der Waals surface area contributed by atoms with Gasteiger partial charge in [-0.1, -0.05) is 26.7 Å². The standard InChI is InChI=1S/C9H19NO2S/c1-3-8(4-2)9(10)5-6-13(11,12)7-9/h8H,3-7,10H2,1-2H3. The maximum atomic E-state index is 11.3. The van der Waals surface area contributed by atoms with E-state index in [0.29, 0.717) is 12.3 Å². The summed E-state index contributed by atoms with van der Waals surface area (Å²) in [6.45, 7) is 4.15. The van der Waals surface area contributed by atoms with Gasteiger partial charge in [-0.25, -0.2) is 8.42 Å². The molecule has 4 heteroatoms. The van der Waals surface area contributed by atoms with Crippen molar-refractivity contribution in [1.29, 1.82) is 0 Å². The highest BCUT2D eigenvalue weighted by Gasteiger charge is 2.43. The summed E-state index contributed by atoms with van der Waals surface area (Å²) >= 11 is 0. The molecule has 0 radical (unpaired) electrons. The zero-order valence-electron chi connectivity index (χ0n) is 8.41. The molecule has 0 spiro atoms. The molecule has 0 aromatic carbocycles. The molecular formula is C9H19NO2S. The van der Waals surface area contributed by atoms with Gasteiger partial charge < -0.3 is 5.73 Å². The van der Waals surface area contributed by atoms with Crippen LogP contribution in [0.3, 0.4) is 0 Å². The summed E-state index contributed by atoms with van der Waals surface area (Å²) in [7, 11) is -2.84. The summed E-state index contributed by atoms with van der Waals surface area (Å²) in [4.78, 5) is 0. The Labute approximate surface area is 80.6 Å². The lowest BCUT2D eigenvalue weighted by Crippen LogP contribution is -2.47. The lowest BCUT2D eigenvalue weighted by molar-refractivity contribution is 0.284. The Morgan fingerprint density at radius 3 is 2.23 bits per heavy atom. The molecule has 78 valence electrons. The maximum Gasteiger partial charge on any atom is 0.152 e. The van der Waals surface area contributed by atoms with Crippen molar-refractivity contribution in [1.82, 2.24) is 0 Å². The molecule has 1 aliphatic heterocycles. The van der Waals surface area contributed by atoms with E-state index in [0.717, 1.165) is 12.8 Å². The van der Waals surface area contributed by atoms with Crippen LogP contribution in [-0.4, -0.2) is 25.5 Å². The molecule has 1 saturated heterocycles. The van der Waals surface area contributed by atoms with Crippen molar-refractivity contribution in [2.45, 2.75) is 38.6 Å². The second kappa shape index (κ2) is 3.58. The van der Waals surface area contributed by atoms with Crippen molar-refractivity contribution in [3.05, 3.63) is 0 Å². The number of sulfone groups is 1. The van der Waals surface area contributed by atoms with Gasteiger partial charge in [-0.05, 0) is 12.3 Å². The molecular weight excluding hydrogens is 186 g/mol. The van der Waals surface area contributed by atoms with E-state index in [9.17, 15) is 8.42 Å². The Morgan fingerprint density at radius 2 is 1.92 bits per heavy atom. The lowest BCUT2D eigenvalue weighted by atomic mass is 9.81. The van der Waals surface area contributed by atoms with E-state index in [2.05, 4.69) is 13.8 Å². The van der Waals surface area contributed by atoms with Crippen LogP contribution in [0.1, 0.15) is 33.1 Å². The zero-order chi connectivity index (χ0) is 10.1. The second-order valence-electron chi connectivity index (χ2n) is 4.09. The Hall–Kier alpha value is -0.0900. The quantitative estimate of drug-likeness (QED) is 0.746. The van der Waals surface area contributed by atoms with Crippen LogP contribution in [0.4, 0.5) is 0 Å². The van der Waals surface area contributed by atoms with Gasteiger partial charge in [0, 0.05) is 5.54 Å². The number of hydrogen-bond acceptors (Lipinski definition) is 3. The predicted octanol–water partition coefficient (Wildman–Crippen LogP) is 0.939. The molecule has 0 aromatic rings. The van der Waals surface area contributed by atoms with Crippen molar-refractivity contribution < 1.29 is 8.42 Å². The Kier molecular flexibility index (Phi) is 3.02. The highest BCUT2D eigenvalue weighted by atomic mass is 32.2. The third-order valence-corrected chi connectivity index (χ3v) is 4.97. The number of rotatable bonds is 3. The fraction of sp³-hybridized carbons (Fsp3) is 1.00. The molecule has 13 heavy (non-hydrogen) atoms. The molecule has 0 aromatic heterocycles. The van der Waals surface area contributed by atoms with E-state index in [1.807, 2.05) is 0 Å². The molecule has 1 atom stereocenters. The third kappa shape index (κ3) is 2.23. The molecule has 1 aliphatic rings. The van der Waals surface area contributed by atoms with E-state index in [4.69, 9.17) is 5.73 Å². The topological polar surface area (TPSA) is 60.2 Å². The summed E-state index contributed by atoms with van der Waals surface area (Å²) in [6.07, 6.45) is 2.59. The first-order valence-electron chi connectivity index (χ1n) is 4.93. The average molecular weight is 205 g/mol. The van der Waals surface area contributed by atoms with Crippen LogP contribution in [0.2, 0.25) is 0 Å². The van der Waals surface area contributed by atoms with Crippen molar-refractivity contribution >= 4 is 9.84 Å². The van der Waals surface area contributed by atoms with Gasteiger partial charge in [0.2, 0.25) is 0 Å². The molecule has 3 nitrogen and oxygen atoms in total. The summed E-state index contributed by atoms with van der Waals surface area (Å²) < 4.78 is 22.6. The molecule has 1 heterocycles. The normalized spacial score (nSPS) is 32.6. The number of nitrogens with two attached hydrogens (primary N) is 1. The van der Waals surface area contributed by atoms with Crippen molar-refractivity contribution in [3.63, 3.8) is 0 Å². The Balaban J connectivity index is 2.79. The van der Waals surface area contributed by atoms with Crippen LogP contribution in [0, 0.1) is 5.92 Å². The van der Waals surface area contributed by atoms with Crippen LogP contribution < -0.4 is 5.73 Å². The smallest absolute Gasteiger partial charge is 0.152 e. The monoisotopic (exact) mass is 205 g/mol.